The van der Waals surface area contributed by atoms with Crippen LogP contribution in [0, 0.1) is 0 Å². The van der Waals surface area contributed by atoms with Crippen molar-refractivity contribution >= 4 is 5.69 Å². The Labute approximate surface area is 121 Å². The van der Waals surface area contributed by atoms with E-state index in [1.807, 2.05) is 41.2 Å². The molecule has 0 spiro atoms. The first kappa shape index (κ1) is 13.3. The maximum Gasteiger partial charge on any atom is 0.102 e. The van der Waals surface area contributed by atoms with Gasteiger partial charge in [0.1, 0.15) is 5.69 Å². The molecule has 2 aromatic heterocycles. The molecular weight excluding hydrogens is 268 g/mol. The van der Waals surface area contributed by atoms with Gasteiger partial charge in [0, 0.05) is 23.8 Å². The standard InChI is InChI=1S/C14H16N6O/c21-7-6-20-10-13(17-18-20)9-16-12-2-1-3-14(8-12)19-5-4-15-11-19/h1-5,8,10-11,16,21H,6-7,9H2. The normalized spacial score (nSPS) is 10.7. The van der Waals surface area contributed by atoms with E-state index in [0.717, 1.165) is 17.1 Å². The number of benzene rings is 1. The van der Waals surface area contributed by atoms with Crippen LogP contribution in [0.3, 0.4) is 0 Å². The predicted octanol–water partition coefficient (Wildman–Crippen LogP) is 1.07. The lowest BCUT2D eigenvalue weighted by atomic mass is 10.2. The third-order valence-corrected chi connectivity index (χ3v) is 3.04. The van der Waals surface area contributed by atoms with Gasteiger partial charge in [-0.05, 0) is 18.2 Å². The van der Waals surface area contributed by atoms with E-state index >= 15 is 0 Å². The van der Waals surface area contributed by atoms with E-state index in [1.165, 1.54) is 0 Å². The van der Waals surface area contributed by atoms with Crippen LogP contribution >= 0.6 is 0 Å². The zero-order valence-electron chi connectivity index (χ0n) is 11.4. The van der Waals surface area contributed by atoms with Crippen LogP contribution in [0.2, 0.25) is 0 Å². The molecule has 2 heterocycles. The van der Waals surface area contributed by atoms with Gasteiger partial charge in [0.2, 0.25) is 0 Å². The fraction of sp³-hybridized carbons (Fsp3) is 0.214. The highest BCUT2D eigenvalue weighted by molar-refractivity contribution is 5.51. The van der Waals surface area contributed by atoms with E-state index in [1.54, 1.807) is 17.2 Å². The number of aromatic nitrogens is 5. The minimum absolute atomic E-state index is 0.0587. The van der Waals surface area contributed by atoms with Gasteiger partial charge in [-0.2, -0.15) is 0 Å². The molecular formula is C14H16N6O. The number of anilines is 1. The van der Waals surface area contributed by atoms with Crippen LogP contribution in [0.4, 0.5) is 5.69 Å². The lowest BCUT2D eigenvalue weighted by molar-refractivity contribution is 0.268. The fourth-order valence-corrected chi connectivity index (χ4v) is 2.01. The molecule has 0 aliphatic heterocycles. The number of nitrogens with zero attached hydrogens (tertiary/aromatic N) is 5. The van der Waals surface area contributed by atoms with Gasteiger partial charge in [-0.3, -0.25) is 0 Å². The van der Waals surface area contributed by atoms with E-state index in [0.29, 0.717) is 13.1 Å². The Kier molecular flexibility index (Phi) is 3.92. The number of hydrogen-bond acceptors (Lipinski definition) is 5. The number of hydrogen-bond donors (Lipinski definition) is 2. The van der Waals surface area contributed by atoms with Gasteiger partial charge in [-0.15, -0.1) is 5.10 Å². The van der Waals surface area contributed by atoms with Crippen LogP contribution in [0.15, 0.2) is 49.2 Å². The lowest BCUT2D eigenvalue weighted by Gasteiger charge is -2.07. The zero-order valence-corrected chi connectivity index (χ0v) is 11.4. The molecule has 0 saturated carbocycles. The van der Waals surface area contributed by atoms with Crippen LogP contribution in [-0.2, 0) is 13.1 Å². The number of rotatable bonds is 6. The summed E-state index contributed by atoms with van der Waals surface area (Å²) in [5.74, 6) is 0. The highest BCUT2D eigenvalue weighted by Gasteiger charge is 2.02. The maximum atomic E-state index is 8.85. The van der Waals surface area contributed by atoms with Gasteiger partial charge < -0.3 is 15.0 Å². The molecule has 0 radical (unpaired) electrons. The molecule has 3 rings (SSSR count). The summed E-state index contributed by atoms with van der Waals surface area (Å²) in [7, 11) is 0. The molecule has 1 aromatic carbocycles. The summed E-state index contributed by atoms with van der Waals surface area (Å²) in [6, 6.07) is 8.04. The summed E-state index contributed by atoms with van der Waals surface area (Å²) >= 11 is 0. The van der Waals surface area contributed by atoms with Crippen molar-refractivity contribution in [3.8, 4) is 5.69 Å². The molecule has 21 heavy (non-hydrogen) atoms. The van der Waals surface area contributed by atoms with E-state index < -0.39 is 0 Å². The van der Waals surface area contributed by atoms with E-state index in [-0.39, 0.29) is 6.61 Å². The lowest BCUT2D eigenvalue weighted by Crippen LogP contribution is -2.02. The van der Waals surface area contributed by atoms with Crippen LogP contribution in [0.25, 0.3) is 5.69 Å². The van der Waals surface area contributed by atoms with Gasteiger partial charge >= 0.3 is 0 Å². The summed E-state index contributed by atoms with van der Waals surface area (Å²) in [4.78, 5) is 4.04. The molecule has 0 amide bonds. The Bertz CT molecular complexity index is 691. The highest BCUT2D eigenvalue weighted by atomic mass is 16.3. The van der Waals surface area contributed by atoms with Crippen molar-refractivity contribution in [3.05, 3.63) is 54.9 Å². The van der Waals surface area contributed by atoms with Gasteiger partial charge in [-0.1, -0.05) is 11.3 Å². The van der Waals surface area contributed by atoms with Gasteiger partial charge in [-0.25, -0.2) is 9.67 Å². The first-order valence-electron chi connectivity index (χ1n) is 6.67. The quantitative estimate of drug-likeness (QED) is 0.707. The Morgan fingerprint density at radius 1 is 1.29 bits per heavy atom. The topological polar surface area (TPSA) is 80.8 Å². The monoisotopic (exact) mass is 284 g/mol. The van der Waals surface area contributed by atoms with Gasteiger partial charge in [0.15, 0.2) is 0 Å². The van der Waals surface area contributed by atoms with E-state index in [4.69, 9.17) is 5.11 Å². The minimum Gasteiger partial charge on any atom is -0.394 e. The summed E-state index contributed by atoms with van der Waals surface area (Å²) in [5, 5.41) is 20.1. The SMILES string of the molecule is OCCn1cc(CNc2cccc(-n3ccnc3)c2)nn1. The van der Waals surface area contributed by atoms with Crippen molar-refractivity contribution in [2.24, 2.45) is 0 Å². The second-order valence-electron chi connectivity index (χ2n) is 4.57. The molecule has 7 nitrogen and oxygen atoms in total. The third-order valence-electron chi connectivity index (χ3n) is 3.04. The Balaban J connectivity index is 1.66. The Hall–Kier alpha value is -2.67. The molecule has 3 aromatic rings. The first-order valence-corrected chi connectivity index (χ1v) is 6.67. The largest absolute Gasteiger partial charge is 0.394 e. The molecule has 2 N–H and O–H groups in total. The second-order valence-corrected chi connectivity index (χ2v) is 4.57. The molecule has 0 unspecified atom stereocenters. The van der Waals surface area contributed by atoms with Crippen LogP contribution < -0.4 is 5.32 Å². The van der Waals surface area contributed by atoms with Crippen molar-refractivity contribution in [3.63, 3.8) is 0 Å². The summed E-state index contributed by atoms with van der Waals surface area (Å²) in [5.41, 5.74) is 2.87. The van der Waals surface area contributed by atoms with Crippen molar-refractivity contribution in [2.45, 2.75) is 13.1 Å². The zero-order chi connectivity index (χ0) is 14.5. The van der Waals surface area contributed by atoms with Crippen LogP contribution in [0.5, 0.6) is 0 Å². The average molecular weight is 284 g/mol. The summed E-state index contributed by atoms with van der Waals surface area (Å²) in [6.45, 7) is 1.10. The van der Waals surface area contributed by atoms with Crippen LogP contribution in [0.1, 0.15) is 5.69 Å². The van der Waals surface area contributed by atoms with Crippen LogP contribution in [-0.4, -0.2) is 36.3 Å². The van der Waals surface area contributed by atoms with Crippen molar-refractivity contribution in [1.29, 1.82) is 0 Å². The molecule has 0 atom stereocenters. The molecule has 0 saturated heterocycles. The molecule has 0 aliphatic carbocycles. The molecule has 0 aliphatic rings. The average Bonchev–Trinajstić information content (AvgIpc) is 3.18. The first-order chi connectivity index (χ1) is 10.3. The van der Waals surface area contributed by atoms with Crippen molar-refractivity contribution in [1.82, 2.24) is 24.5 Å². The number of aliphatic hydroxyl groups excluding tert-OH is 1. The molecule has 0 bridgehead atoms. The van der Waals surface area contributed by atoms with Gasteiger partial charge in [0.25, 0.3) is 0 Å². The fourth-order valence-electron chi connectivity index (χ4n) is 2.01. The predicted molar refractivity (Wildman–Crippen MR) is 78.0 cm³/mol. The second kappa shape index (κ2) is 6.19. The molecule has 0 fully saturated rings. The number of aliphatic hydroxyl groups is 1. The Morgan fingerprint density at radius 2 is 2.24 bits per heavy atom. The molecule has 7 heteroatoms. The van der Waals surface area contributed by atoms with E-state index in [2.05, 4.69) is 20.6 Å². The number of nitrogens with one attached hydrogen (secondary N) is 1. The Morgan fingerprint density at radius 3 is 3.05 bits per heavy atom. The maximum absolute atomic E-state index is 8.85. The van der Waals surface area contributed by atoms with E-state index in [9.17, 15) is 0 Å². The summed E-state index contributed by atoms with van der Waals surface area (Å²) < 4.78 is 3.57. The summed E-state index contributed by atoms with van der Waals surface area (Å²) in [6.07, 6.45) is 7.24. The third kappa shape index (κ3) is 3.26. The van der Waals surface area contributed by atoms with Gasteiger partial charge in [0.05, 0.1) is 32.2 Å². The minimum atomic E-state index is 0.0587. The van der Waals surface area contributed by atoms with Crippen molar-refractivity contribution in [2.75, 3.05) is 11.9 Å². The highest BCUT2D eigenvalue weighted by Crippen LogP contribution is 2.15. The van der Waals surface area contributed by atoms with Crippen molar-refractivity contribution < 1.29 is 5.11 Å². The smallest absolute Gasteiger partial charge is 0.102 e. The molecule has 108 valence electrons. The number of imidazole rings is 1.